The molecule has 0 spiro atoms. The monoisotopic (exact) mass is 528 g/mol. The lowest BCUT2D eigenvalue weighted by atomic mass is 10.1. The van der Waals surface area contributed by atoms with Crippen molar-refractivity contribution in [1.29, 1.82) is 0 Å². The molecule has 0 saturated heterocycles. The van der Waals surface area contributed by atoms with E-state index in [0.29, 0.717) is 39.4 Å². The number of thiophene rings is 1. The minimum atomic E-state index is -0.550. The summed E-state index contributed by atoms with van der Waals surface area (Å²) in [5.41, 5.74) is 8.41. The first-order valence-electron chi connectivity index (χ1n) is 11.1. The molecule has 0 aliphatic heterocycles. The van der Waals surface area contributed by atoms with Gasteiger partial charge in [0.1, 0.15) is 10.8 Å². The van der Waals surface area contributed by atoms with Crippen molar-refractivity contribution in [3.8, 4) is 5.75 Å². The molecule has 0 radical (unpaired) electrons. The van der Waals surface area contributed by atoms with Crippen molar-refractivity contribution >= 4 is 44.1 Å². The predicted octanol–water partition coefficient (Wildman–Crippen LogP) is 6.72. The number of benzene rings is 2. The number of amides is 2. The molecule has 3 aromatic rings. The number of nitrogens with two attached hydrogens (primary N) is 1. The number of primary amides is 1. The van der Waals surface area contributed by atoms with Crippen molar-refractivity contribution in [2.45, 2.75) is 46.0 Å². The normalized spacial score (nSPS) is 10.8. The zero-order valence-corrected chi connectivity index (χ0v) is 21.4. The molecule has 1 heterocycles. The molecular weight excluding hydrogens is 500 g/mol. The number of hydrogen-bond donors (Lipinski definition) is 2. The summed E-state index contributed by atoms with van der Waals surface area (Å²) in [7, 11) is 0. The highest BCUT2D eigenvalue weighted by atomic mass is 79.9. The molecule has 0 atom stereocenters. The number of carbonyl (C=O) groups excluding carboxylic acids is 2. The lowest BCUT2D eigenvalue weighted by Crippen LogP contribution is -2.17. The van der Waals surface area contributed by atoms with E-state index >= 15 is 0 Å². The predicted molar refractivity (Wildman–Crippen MR) is 139 cm³/mol. The van der Waals surface area contributed by atoms with Gasteiger partial charge in [0.15, 0.2) is 0 Å². The Morgan fingerprint density at radius 3 is 2.52 bits per heavy atom. The van der Waals surface area contributed by atoms with E-state index in [9.17, 15) is 9.59 Å². The van der Waals surface area contributed by atoms with Crippen molar-refractivity contribution in [2.75, 3.05) is 11.9 Å². The summed E-state index contributed by atoms with van der Waals surface area (Å²) in [6.45, 7) is 4.69. The standard InChI is InChI=1S/C26H29BrN2O3S/c1-3-4-5-9-14-32-21-13-12-19(16-20(21)27)25(31)29-26-23(24(28)30)17(2)22(33-26)15-18-10-7-6-8-11-18/h6-8,10-13,16H,3-5,9,14-15H2,1-2H3,(H2,28,30)(H,29,31). The summed E-state index contributed by atoms with van der Waals surface area (Å²) >= 11 is 4.89. The van der Waals surface area contributed by atoms with Crippen LogP contribution in [-0.2, 0) is 6.42 Å². The maximum absolute atomic E-state index is 12.9. The third-order valence-electron chi connectivity index (χ3n) is 5.38. The van der Waals surface area contributed by atoms with E-state index in [4.69, 9.17) is 10.5 Å². The van der Waals surface area contributed by atoms with Gasteiger partial charge < -0.3 is 15.8 Å². The molecule has 0 saturated carbocycles. The van der Waals surface area contributed by atoms with E-state index in [-0.39, 0.29) is 5.91 Å². The maximum Gasteiger partial charge on any atom is 0.256 e. The minimum Gasteiger partial charge on any atom is -0.492 e. The van der Waals surface area contributed by atoms with Crippen LogP contribution in [0.25, 0.3) is 0 Å². The van der Waals surface area contributed by atoms with Crippen LogP contribution in [0.2, 0.25) is 0 Å². The fourth-order valence-electron chi connectivity index (χ4n) is 3.54. The smallest absolute Gasteiger partial charge is 0.256 e. The van der Waals surface area contributed by atoms with Gasteiger partial charge in [-0.25, -0.2) is 0 Å². The Balaban J connectivity index is 1.73. The van der Waals surface area contributed by atoms with Crippen molar-refractivity contribution < 1.29 is 14.3 Å². The molecule has 0 bridgehead atoms. The Hall–Kier alpha value is -2.64. The Labute approximate surface area is 207 Å². The zero-order valence-electron chi connectivity index (χ0n) is 18.9. The van der Waals surface area contributed by atoms with Crippen molar-refractivity contribution in [1.82, 2.24) is 0 Å². The van der Waals surface area contributed by atoms with E-state index in [2.05, 4.69) is 28.2 Å². The fraction of sp³-hybridized carbons (Fsp3) is 0.308. The van der Waals surface area contributed by atoms with E-state index in [0.717, 1.165) is 28.8 Å². The quantitative estimate of drug-likeness (QED) is 0.271. The average molecular weight is 530 g/mol. The number of anilines is 1. The third-order valence-corrected chi connectivity index (χ3v) is 7.20. The van der Waals surface area contributed by atoms with Crippen LogP contribution >= 0.6 is 27.3 Å². The Bertz CT molecular complexity index is 1110. The summed E-state index contributed by atoms with van der Waals surface area (Å²) in [6.07, 6.45) is 5.20. The molecule has 7 heteroatoms. The summed E-state index contributed by atoms with van der Waals surface area (Å²) in [4.78, 5) is 26.1. The van der Waals surface area contributed by atoms with Gasteiger partial charge >= 0.3 is 0 Å². The van der Waals surface area contributed by atoms with Gasteiger partial charge in [0.2, 0.25) is 0 Å². The number of halogens is 1. The second-order valence-electron chi connectivity index (χ2n) is 7.89. The second-order valence-corrected chi connectivity index (χ2v) is 9.85. The number of rotatable bonds is 11. The first-order chi connectivity index (χ1) is 15.9. The van der Waals surface area contributed by atoms with Crippen molar-refractivity contribution in [3.05, 3.63) is 80.1 Å². The van der Waals surface area contributed by atoms with Crippen LogP contribution in [0.1, 0.15) is 69.3 Å². The molecule has 0 aliphatic rings. The highest BCUT2D eigenvalue weighted by Crippen LogP contribution is 2.35. The van der Waals surface area contributed by atoms with Gasteiger partial charge in [-0.15, -0.1) is 11.3 Å². The molecule has 3 rings (SSSR count). The van der Waals surface area contributed by atoms with Crippen LogP contribution in [0.4, 0.5) is 5.00 Å². The average Bonchev–Trinajstić information content (AvgIpc) is 3.09. The van der Waals surface area contributed by atoms with Crippen molar-refractivity contribution in [3.63, 3.8) is 0 Å². The lowest BCUT2D eigenvalue weighted by Gasteiger charge is -2.10. The van der Waals surface area contributed by atoms with Gasteiger partial charge in [-0.05, 0) is 58.6 Å². The Morgan fingerprint density at radius 2 is 1.85 bits per heavy atom. The third kappa shape index (κ3) is 6.68. The molecule has 0 fully saturated rings. The van der Waals surface area contributed by atoms with E-state index in [1.807, 2.05) is 37.3 Å². The van der Waals surface area contributed by atoms with E-state index in [1.165, 1.54) is 24.2 Å². The van der Waals surface area contributed by atoms with E-state index in [1.54, 1.807) is 18.2 Å². The van der Waals surface area contributed by atoms with Crippen LogP contribution < -0.4 is 15.8 Å². The van der Waals surface area contributed by atoms with Crippen LogP contribution in [-0.4, -0.2) is 18.4 Å². The second kappa shape index (κ2) is 12.0. The van der Waals surface area contributed by atoms with Gasteiger partial charge in [0.25, 0.3) is 11.8 Å². The number of ether oxygens (including phenoxy) is 1. The molecular formula is C26H29BrN2O3S. The molecule has 0 unspecified atom stereocenters. The lowest BCUT2D eigenvalue weighted by molar-refractivity contribution is 0.100. The van der Waals surface area contributed by atoms with Crippen LogP contribution in [0, 0.1) is 6.92 Å². The minimum absolute atomic E-state index is 0.305. The first kappa shape index (κ1) is 25.0. The molecule has 2 aromatic carbocycles. The summed E-state index contributed by atoms with van der Waals surface area (Å²) in [5, 5.41) is 3.36. The fourth-order valence-corrected chi connectivity index (χ4v) is 5.27. The summed E-state index contributed by atoms with van der Waals surface area (Å²) < 4.78 is 6.54. The highest BCUT2D eigenvalue weighted by Gasteiger charge is 2.21. The van der Waals surface area contributed by atoms with Crippen LogP contribution in [0.3, 0.4) is 0 Å². The van der Waals surface area contributed by atoms with Gasteiger partial charge in [-0.1, -0.05) is 56.5 Å². The van der Waals surface area contributed by atoms with Gasteiger partial charge in [-0.3, -0.25) is 9.59 Å². The Kier molecular flexibility index (Phi) is 9.09. The number of unbranched alkanes of at least 4 members (excludes halogenated alkanes) is 3. The molecule has 174 valence electrons. The SMILES string of the molecule is CCCCCCOc1ccc(C(=O)Nc2sc(Cc3ccccc3)c(C)c2C(N)=O)cc1Br. The largest absolute Gasteiger partial charge is 0.492 e. The number of hydrogen-bond acceptors (Lipinski definition) is 4. The number of carbonyl (C=O) groups is 2. The summed E-state index contributed by atoms with van der Waals surface area (Å²) in [6, 6.07) is 15.2. The molecule has 2 amide bonds. The topological polar surface area (TPSA) is 81.4 Å². The van der Waals surface area contributed by atoms with Gasteiger partial charge in [-0.2, -0.15) is 0 Å². The molecule has 5 nitrogen and oxygen atoms in total. The highest BCUT2D eigenvalue weighted by molar-refractivity contribution is 9.10. The van der Waals surface area contributed by atoms with Crippen molar-refractivity contribution in [2.24, 2.45) is 5.73 Å². The summed E-state index contributed by atoms with van der Waals surface area (Å²) in [5.74, 6) is -0.149. The molecule has 1 aromatic heterocycles. The Morgan fingerprint density at radius 1 is 1.09 bits per heavy atom. The van der Waals surface area contributed by atoms with Crippen LogP contribution in [0.5, 0.6) is 5.75 Å². The zero-order chi connectivity index (χ0) is 23.8. The van der Waals surface area contributed by atoms with E-state index < -0.39 is 5.91 Å². The number of nitrogens with one attached hydrogen (secondary N) is 1. The molecule has 33 heavy (non-hydrogen) atoms. The van der Waals surface area contributed by atoms with Gasteiger partial charge in [0, 0.05) is 16.9 Å². The van der Waals surface area contributed by atoms with Crippen LogP contribution in [0.15, 0.2) is 53.0 Å². The maximum atomic E-state index is 12.9. The first-order valence-corrected chi connectivity index (χ1v) is 12.7. The van der Waals surface area contributed by atoms with Gasteiger partial charge in [0.05, 0.1) is 16.6 Å². The molecule has 3 N–H and O–H groups in total. The molecule has 0 aliphatic carbocycles.